The zero-order valence-corrected chi connectivity index (χ0v) is 14.0. The van der Waals surface area contributed by atoms with Crippen LogP contribution in [0.5, 0.6) is 0 Å². The maximum Gasteiger partial charge on any atom is 0.416 e. The van der Waals surface area contributed by atoms with Crippen molar-refractivity contribution in [3.8, 4) is 11.3 Å². The molecule has 5 heteroatoms. The number of halogens is 3. The molecule has 0 aliphatic carbocycles. The monoisotopic (exact) mass is 362 g/mol. The van der Waals surface area contributed by atoms with Gasteiger partial charge < -0.3 is 0 Å². The van der Waals surface area contributed by atoms with Crippen molar-refractivity contribution in [2.45, 2.75) is 6.18 Å². The molecule has 0 aliphatic heterocycles. The number of rotatable bonds is 1. The lowest BCUT2D eigenvalue weighted by Gasteiger charge is -2.12. The fraction of sp³-hybridized carbons (Fsp3) is 0.0455. The van der Waals surface area contributed by atoms with E-state index >= 15 is 0 Å². The van der Waals surface area contributed by atoms with Gasteiger partial charge in [-0.05, 0) is 29.7 Å². The molecule has 0 N–H and O–H groups in total. The Bertz CT molecular complexity index is 1300. The number of hydrogen-bond acceptors (Lipinski definition) is 1. The fourth-order valence-corrected chi connectivity index (χ4v) is 3.56. The predicted octanol–water partition coefficient (Wildman–Crippen LogP) is 6.33. The summed E-state index contributed by atoms with van der Waals surface area (Å²) in [5, 5.41) is 6.91. The summed E-state index contributed by atoms with van der Waals surface area (Å²) in [4.78, 5) is 0. The van der Waals surface area contributed by atoms with Gasteiger partial charge in [-0.3, -0.25) is 0 Å². The molecule has 3 aromatic carbocycles. The van der Waals surface area contributed by atoms with E-state index in [9.17, 15) is 13.2 Å². The Morgan fingerprint density at radius 3 is 2.26 bits per heavy atom. The van der Waals surface area contributed by atoms with Crippen LogP contribution in [0.3, 0.4) is 0 Å². The van der Waals surface area contributed by atoms with E-state index in [-0.39, 0.29) is 0 Å². The topological polar surface area (TPSA) is 17.3 Å². The van der Waals surface area contributed by atoms with Crippen molar-refractivity contribution in [2.24, 2.45) is 0 Å². The van der Waals surface area contributed by atoms with Crippen LogP contribution < -0.4 is 0 Å². The lowest BCUT2D eigenvalue weighted by molar-refractivity contribution is -0.137. The van der Waals surface area contributed by atoms with E-state index in [1.54, 1.807) is 6.07 Å². The number of aromatic nitrogens is 2. The van der Waals surface area contributed by atoms with E-state index in [2.05, 4.69) is 0 Å². The van der Waals surface area contributed by atoms with E-state index < -0.39 is 11.7 Å². The zero-order chi connectivity index (χ0) is 18.6. The maximum atomic E-state index is 13.2. The Labute approximate surface area is 152 Å². The molecule has 2 nitrogen and oxygen atoms in total. The minimum Gasteiger partial charge on any atom is -0.231 e. The van der Waals surface area contributed by atoms with Crippen LogP contribution in [0.1, 0.15) is 5.56 Å². The zero-order valence-electron chi connectivity index (χ0n) is 14.0. The molecule has 0 amide bonds. The molecule has 2 aromatic heterocycles. The van der Waals surface area contributed by atoms with Gasteiger partial charge in [0.25, 0.3) is 0 Å². The molecule has 0 fully saturated rings. The lowest BCUT2D eigenvalue weighted by Crippen LogP contribution is -2.04. The van der Waals surface area contributed by atoms with Gasteiger partial charge in [0, 0.05) is 16.3 Å². The third-order valence-electron chi connectivity index (χ3n) is 4.80. The van der Waals surface area contributed by atoms with Gasteiger partial charge in [0.2, 0.25) is 0 Å². The van der Waals surface area contributed by atoms with Crippen molar-refractivity contribution in [2.75, 3.05) is 0 Å². The van der Waals surface area contributed by atoms with Crippen LogP contribution in [0.15, 0.2) is 78.9 Å². The summed E-state index contributed by atoms with van der Waals surface area (Å²) in [7, 11) is 0. The van der Waals surface area contributed by atoms with Crippen LogP contribution in [0.4, 0.5) is 13.2 Å². The first-order valence-electron chi connectivity index (χ1n) is 8.49. The standard InChI is InChI=1S/C22H13F3N2/c23-22(24,25)16-10-11-17-15(12-16)13-20(14-6-2-1-3-7-14)27-21(17)18-8-4-5-9-19(18)26-27/h1-13H. The Morgan fingerprint density at radius 1 is 0.741 bits per heavy atom. The molecule has 0 spiro atoms. The fourth-order valence-electron chi connectivity index (χ4n) is 3.56. The number of nitrogens with zero attached hydrogens (tertiary/aromatic N) is 2. The number of fused-ring (bicyclic) bond motifs is 5. The number of benzene rings is 3. The molecule has 132 valence electrons. The quantitative estimate of drug-likeness (QED) is 0.341. The molecule has 0 saturated heterocycles. The number of hydrogen-bond donors (Lipinski definition) is 0. The van der Waals surface area contributed by atoms with Crippen molar-refractivity contribution in [1.29, 1.82) is 0 Å². The Kier molecular flexibility index (Phi) is 3.28. The molecule has 5 aromatic rings. The van der Waals surface area contributed by atoms with Gasteiger partial charge in [-0.2, -0.15) is 18.3 Å². The highest BCUT2D eigenvalue weighted by Gasteiger charge is 2.30. The van der Waals surface area contributed by atoms with Gasteiger partial charge in [-0.25, -0.2) is 4.52 Å². The summed E-state index contributed by atoms with van der Waals surface area (Å²) in [6.07, 6.45) is -4.38. The van der Waals surface area contributed by atoms with E-state index in [1.165, 1.54) is 12.1 Å². The molecule has 2 heterocycles. The largest absolute Gasteiger partial charge is 0.416 e. The molecule has 0 atom stereocenters. The third kappa shape index (κ3) is 2.46. The second-order valence-electron chi connectivity index (χ2n) is 6.47. The van der Waals surface area contributed by atoms with Crippen molar-refractivity contribution in [1.82, 2.24) is 9.61 Å². The Balaban J connectivity index is 1.97. The SMILES string of the molecule is FC(F)(F)c1ccc2c(c1)cc(-c1ccccc1)n1nc3ccccc3c21. The highest BCUT2D eigenvalue weighted by atomic mass is 19.4. The first-order chi connectivity index (χ1) is 13.0. The molecule has 5 rings (SSSR count). The van der Waals surface area contributed by atoms with E-state index in [4.69, 9.17) is 5.10 Å². The van der Waals surface area contributed by atoms with Crippen LogP contribution in [0, 0.1) is 0 Å². The van der Waals surface area contributed by atoms with Crippen LogP contribution in [-0.4, -0.2) is 9.61 Å². The minimum atomic E-state index is -4.38. The molecule has 0 unspecified atom stereocenters. The summed E-state index contributed by atoms with van der Waals surface area (Å²) in [5.41, 5.74) is 2.63. The third-order valence-corrected chi connectivity index (χ3v) is 4.80. The summed E-state index contributed by atoms with van der Waals surface area (Å²) in [6, 6.07) is 22.9. The van der Waals surface area contributed by atoms with Crippen molar-refractivity contribution in [3.63, 3.8) is 0 Å². The van der Waals surface area contributed by atoms with Gasteiger partial charge in [-0.1, -0.05) is 54.6 Å². The summed E-state index contributed by atoms with van der Waals surface area (Å²) >= 11 is 0. The van der Waals surface area contributed by atoms with Gasteiger partial charge in [0.05, 0.1) is 22.3 Å². The predicted molar refractivity (Wildman–Crippen MR) is 101 cm³/mol. The molecular weight excluding hydrogens is 349 g/mol. The van der Waals surface area contributed by atoms with Crippen LogP contribution in [-0.2, 0) is 6.18 Å². The van der Waals surface area contributed by atoms with Crippen molar-refractivity contribution >= 4 is 27.2 Å². The normalized spacial score (nSPS) is 12.3. The molecule has 27 heavy (non-hydrogen) atoms. The van der Waals surface area contributed by atoms with Crippen molar-refractivity contribution < 1.29 is 13.2 Å². The maximum absolute atomic E-state index is 13.2. The molecule has 0 saturated carbocycles. The second kappa shape index (κ2) is 5.58. The average Bonchev–Trinajstić information content (AvgIpc) is 3.06. The first-order valence-corrected chi connectivity index (χ1v) is 8.49. The molecular formula is C22H13F3N2. The van der Waals surface area contributed by atoms with Gasteiger partial charge >= 0.3 is 6.18 Å². The van der Waals surface area contributed by atoms with Gasteiger partial charge in [-0.15, -0.1) is 0 Å². The highest BCUT2D eigenvalue weighted by Crippen LogP contribution is 2.36. The van der Waals surface area contributed by atoms with Gasteiger partial charge in [0.1, 0.15) is 0 Å². The Morgan fingerprint density at radius 2 is 1.48 bits per heavy atom. The molecule has 0 radical (unpaired) electrons. The van der Waals surface area contributed by atoms with E-state index in [1.807, 2.05) is 59.1 Å². The summed E-state index contributed by atoms with van der Waals surface area (Å²) < 4.78 is 41.5. The highest BCUT2D eigenvalue weighted by molar-refractivity contribution is 6.11. The summed E-state index contributed by atoms with van der Waals surface area (Å²) in [6.45, 7) is 0. The molecule has 0 aliphatic rings. The Hall–Kier alpha value is -3.34. The first kappa shape index (κ1) is 15.9. The van der Waals surface area contributed by atoms with Crippen LogP contribution in [0.2, 0.25) is 0 Å². The van der Waals surface area contributed by atoms with Crippen LogP contribution >= 0.6 is 0 Å². The second-order valence-corrected chi connectivity index (χ2v) is 6.47. The van der Waals surface area contributed by atoms with E-state index in [0.29, 0.717) is 5.39 Å². The molecule has 0 bridgehead atoms. The van der Waals surface area contributed by atoms with Crippen molar-refractivity contribution in [3.05, 3.63) is 84.4 Å². The number of pyridine rings is 1. The summed E-state index contributed by atoms with van der Waals surface area (Å²) in [5.74, 6) is 0. The smallest absolute Gasteiger partial charge is 0.231 e. The number of alkyl halides is 3. The lowest BCUT2D eigenvalue weighted by atomic mass is 10.0. The minimum absolute atomic E-state index is 0.543. The van der Waals surface area contributed by atoms with Crippen LogP contribution in [0.25, 0.3) is 38.4 Å². The van der Waals surface area contributed by atoms with Gasteiger partial charge in [0.15, 0.2) is 0 Å². The van der Waals surface area contributed by atoms with E-state index in [0.717, 1.165) is 39.1 Å². The average molecular weight is 362 g/mol.